The van der Waals surface area contributed by atoms with Gasteiger partial charge in [0.05, 0.1) is 11.9 Å². The molecule has 0 radical (unpaired) electrons. The maximum absolute atomic E-state index is 12.6. The average molecular weight is 406 g/mol. The number of fused-ring (bicyclic) bond motifs is 1. The normalized spacial score (nSPS) is 15.3. The van der Waals surface area contributed by atoms with Gasteiger partial charge in [0.1, 0.15) is 17.4 Å². The molecule has 2 amide bonds. The smallest absolute Gasteiger partial charge is 0.339 e. The van der Waals surface area contributed by atoms with Gasteiger partial charge in [0.25, 0.3) is 5.91 Å². The van der Waals surface area contributed by atoms with Crippen LogP contribution in [0.25, 0.3) is 16.9 Å². The van der Waals surface area contributed by atoms with Gasteiger partial charge < -0.3 is 15.0 Å². The van der Waals surface area contributed by atoms with Crippen LogP contribution in [0.1, 0.15) is 30.3 Å². The van der Waals surface area contributed by atoms with Crippen LogP contribution in [0.5, 0.6) is 0 Å². The first kappa shape index (κ1) is 19.0. The summed E-state index contributed by atoms with van der Waals surface area (Å²) in [6.45, 7) is 0.863. The van der Waals surface area contributed by atoms with Crippen molar-refractivity contribution in [3.63, 3.8) is 0 Å². The molecule has 3 N–H and O–H groups in total. The fourth-order valence-corrected chi connectivity index (χ4v) is 2.72. The van der Waals surface area contributed by atoms with E-state index in [1.807, 2.05) is 5.32 Å². The molecule has 8 nitrogen and oxygen atoms in total. The number of alkyl halides is 3. The second-order valence-electron chi connectivity index (χ2n) is 6.98. The SMILES string of the molecule is C[C@@H](NC(=O)c1cc(-c2ccc3nc(NC(=O)C4CC4)cn3c2)n[nH]1)C(F)(F)F. The number of imidazole rings is 1. The Bertz CT molecular complexity index is 1080. The van der Waals surface area contributed by atoms with Crippen molar-refractivity contribution in [2.45, 2.75) is 32.0 Å². The predicted molar refractivity (Wildman–Crippen MR) is 97.1 cm³/mol. The lowest BCUT2D eigenvalue weighted by Crippen LogP contribution is -2.43. The van der Waals surface area contributed by atoms with Crippen molar-refractivity contribution in [2.24, 2.45) is 5.92 Å². The molecule has 0 spiro atoms. The van der Waals surface area contributed by atoms with Crippen molar-refractivity contribution < 1.29 is 22.8 Å². The summed E-state index contributed by atoms with van der Waals surface area (Å²) in [5, 5.41) is 11.1. The van der Waals surface area contributed by atoms with Gasteiger partial charge >= 0.3 is 6.18 Å². The van der Waals surface area contributed by atoms with E-state index < -0.39 is 18.1 Å². The fraction of sp³-hybridized carbons (Fsp3) is 0.333. The third-order valence-corrected chi connectivity index (χ3v) is 4.61. The van der Waals surface area contributed by atoms with Crippen LogP contribution in [-0.4, -0.2) is 43.6 Å². The number of halogens is 3. The molecule has 0 unspecified atom stereocenters. The molecular formula is C18H17F3N6O2. The molecular weight excluding hydrogens is 389 g/mol. The molecule has 152 valence electrons. The average Bonchev–Trinajstić information content (AvgIpc) is 3.25. The molecule has 0 aromatic carbocycles. The number of aromatic amines is 1. The maximum Gasteiger partial charge on any atom is 0.408 e. The van der Waals surface area contributed by atoms with Gasteiger partial charge in [-0.05, 0) is 38.0 Å². The molecule has 1 aliphatic carbocycles. The van der Waals surface area contributed by atoms with E-state index in [-0.39, 0.29) is 17.5 Å². The quantitative estimate of drug-likeness (QED) is 0.606. The lowest BCUT2D eigenvalue weighted by atomic mass is 10.2. The van der Waals surface area contributed by atoms with E-state index >= 15 is 0 Å². The van der Waals surface area contributed by atoms with Crippen LogP contribution in [-0.2, 0) is 4.79 Å². The Hall–Kier alpha value is -3.37. The van der Waals surface area contributed by atoms with E-state index in [1.54, 1.807) is 28.9 Å². The molecule has 1 fully saturated rings. The zero-order valence-corrected chi connectivity index (χ0v) is 15.2. The van der Waals surface area contributed by atoms with Crippen LogP contribution in [0.4, 0.5) is 19.0 Å². The summed E-state index contributed by atoms with van der Waals surface area (Å²) in [6.07, 6.45) is 0.605. The number of pyridine rings is 1. The third-order valence-electron chi connectivity index (χ3n) is 4.61. The Kier molecular flexibility index (Phi) is 4.52. The van der Waals surface area contributed by atoms with Crippen molar-refractivity contribution in [1.29, 1.82) is 0 Å². The first-order valence-electron chi connectivity index (χ1n) is 8.93. The number of H-pyrrole nitrogens is 1. The number of nitrogens with zero attached hydrogens (tertiary/aromatic N) is 3. The summed E-state index contributed by atoms with van der Waals surface area (Å²) < 4.78 is 39.5. The van der Waals surface area contributed by atoms with Crippen LogP contribution in [0.2, 0.25) is 0 Å². The van der Waals surface area contributed by atoms with Gasteiger partial charge in [-0.3, -0.25) is 14.7 Å². The number of nitrogens with one attached hydrogen (secondary N) is 3. The van der Waals surface area contributed by atoms with Crippen LogP contribution in [0, 0.1) is 5.92 Å². The Morgan fingerprint density at radius 3 is 2.72 bits per heavy atom. The van der Waals surface area contributed by atoms with Gasteiger partial charge in [0.15, 0.2) is 5.82 Å². The van der Waals surface area contributed by atoms with E-state index in [1.165, 1.54) is 6.07 Å². The number of rotatable bonds is 5. The summed E-state index contributed by atoms with van der Waals surface area (Å²) in [4.78, 5) is 28.2. The molecule has 1 aliphatic rings. The molecule has 3 aromatic rings. The third kappa shape index (κ3) is 4.08. The summed E-state index contributed by atoms with van der Waals surface area (Å²) in [6, 6.07) is 2.81. The van der Waals surface area contributed by atoms with E-state index in [9.17, 15) is 22.8 Å². The van der Waals surface area contributed by atoms with Crippen molar-refractivity contribution in [1.82, 2.24) is 24.9 Å². The van der Waals surface area contributed by atoms with Crippen LogP contribution in [0.15, 0.2) is 30.6 Å². The second-order valence-corrected chi connectivity index (χ2v) is 6.98. The van der Waals surface area contributed by atoms with Gasteiger partial charge in [-0.2, -0.15) is 18.3 Å². The molecule has 0 aliphatic heterocycles. The van der Waals surface area contributed by atoms with Crippen molar-refractivity contribution >= 4 is 23.3 Å². The summed E-state index contributed by atoms with van der Waals surface area (Å²) in [5.41, 5.74) is 1.52. The zero-order valence-electron chi connectivity index (χ0n) is 15.2. The van der Waals surface area contributed by atoms with Crippen molar-refractivity contribution in [2.75, 3.05) is 5.32 Å². The minimum absolute atomic E-state index is 0.0512. The van der Waals surface area contributed by atoms with Gasteiger partial charge in [0, 0.05) is 17.7 Å². The van der Waals surface area contributed by atoms with E-state index in [0.717, 1.165) is 19.8 Å². The molecule has 0 saturated heterocycles. The van der Waals surface area contributed by atoms with Gasteiger partial charge in [-0.25, -0.2) is 4.98 Å². The number of carbonyl (C=O) groups excluding carboxylic acids is 2. The highest BCUT2D eigenvalue weighted by atomic mass is 19.4. The number of hydrogen-bond donors (Lipinski definition) is 3. The molecule has 3 aromatic heterocycles. The van der Waals surface area contributed by atoms with E-state index in [4.69, 9.17) is 0 Å². The highest BCUT2D eigenvalue weighted by Gasteiger charge is 2.37. The Balaban J connectivity index is 1.51. The molecule has 4 rings (SSSR count). The molecule has 29 heavy (non-hydrogen) atoms. The largest absolute Gasteiger partial charge is 0.408 e. The fourth-order valence-electron chi connectivity index (χ4n) is 2.72. The number of anilines is 1. The maximum atomic E-state index is 12.6. The minimum atomic E-state index is -4.53. The lowest BCUT2D eigenvalue weighted by molar-refractivity contribution is -0.149. The highest BCUT2D eigenvalue weighted by molar-refractivity contribution is 5.94. The van der Waals surface area contributed by atoms with Crippen molar-refractivity contribution in [3.8, 4) is 11.3 Å². The standard InChI is InChI=1S/C18H17F3N6O2/c1-9(18(19,20)21)22-17(29)13-6-12(25-26-13)11-4-5-15-23-14(8-27(15)7-11)24-16(28)10-2-3-10/h4-10H,2-3H2,1H3,(H,22,29)(H,24,28)(H,25,26)/t9-/m1/s1. The number of carbonyl (C=O) groups is 2. The highest BCUT2D eigenvalue weighted by Crippen LogP contribution is 2.30. The molecule has 1 saturated carbocycles. The van der Waals surface area contributed by atoms with Crippen molar-refractivity contribution in [3.05, 3.63) is 36.3 Å². The molecule has 0 bridgehead atoms. The Morgan fingerprint density at radius 2 is 2.03 bits per heavy atom. The molecule has 3 heterocycles. The van der Waals surface area contributed by atoms with Crippen LogP contribution in [0.3, 0.4) is 0 Å². The number of aromatic nitrogens is 4. The Morgan fingerprint density at radius 1 is 1.28 bits per heavy atom. The first-order valence-corrected chi connectivity index (χ1v) is 8.93. The predicted octanol–water partition coefficient (Wildman–Crippen LogP) is 2.75. The second kappa shape index (κ2) is 6.90. The zero-order chi connectivity index (χ0) is 20.8. The van der Waals surface area contributed by atoms with Gasteiger partial charge in [0.2, 0.25) is 5.91 Å². The van der Waals surface area contributed by atoms with Gasteiger partial charge in [-0.15, -0.1) is 0 Å². The molecule has 11 heteroatoms. The summed E-state index contributed by atoms with van der Waals surface area (Å²) in [7, 11) is 0. The summed E-state index contributed by atoms with van der Waals surface area (Å²) >= 11 is 0. The summed E-state index contributed by atoms with van der Waals surface area (Å²) in [5.74, 6) is -0.460. The Labute approximate surface area is 162 Å². The first-order chi connectivity index (χ1) is 13.7. The van der Waals surface area contributed by atoms with Crippen LogP contribution < -0.4 is 10.6 Å². The topological polar surface area (TPSA) is 104 Å². The van der Waals surface area contributed by atoms with E-state index in [0.29, 0.717) is 22.7 Å². The van der Waals surface area contributed by atoms with E-state index in [2.05, 4.69) is 20.5 Å². The van der Waals surface area contributed by atoms with Crippen LogP contribution >= 0.6 is 0 Å². The molecule has 1 atom stereocenters. The lowest BCUT2D eigenvalue weighted by Gasteiger charge is -2.16. The monoisotopic (exact) mass is 406 g/mol. The van der Waals surface area contributed by atoms with Gasteiger partial charge in [-0.1, -0.05) is 0 Å². The minimum Gasteiger partial charge on any atom is -0.339 e. The number of hydrogen-bond acceptors (Lipinski definition) is 4. The number of amides is 2.